The van der Waals surface area contributed by atoms with Gasteiger partial charge in [-0.2, -0.15) is 0 Å². The van der Waals surface area contributed by atoms with Gasteiger partial charge in [-0.25, -0.2) is 15.0 Å². The molecule has 0 aliphatic heterocycles. The number of thiophene rings is 1. The summed E-state index contributed by atoms with van der Waals surface area (Å²) in [5, 5.41) is 7.47. The number of rotatable bonds is 6. The summed E-state index contributed by atoms with van der Waals surface area (Å²) < 4.78 is 4.89. The van der Waals surface area contributed by atoms with Crippen molar-refractivity contribution in [2.45, 2.75) is 0 Å². The second-order valence-electron chi connectivity index (χ2n) is 15.2. The molecule has 9 aromatic carbocycles. The van der Waals surface area contributed by atoms with Crippen molar-refractivity contribution in [1.82, 2.24) is 19.5 Å². The monoisotopic (exact) mass is 782 g/mol. The Morgan fingerprint density at radius 2 is 0.867 bits per heavy atom. The van der Waals surface area contributed by atoms with Crippen LogP contribution in [0.15, 0.2) is 206 Å². The van der Waals surface area contributed by atoms with Crippen molar-refractivity contribution in [2.75, 3.05) is 0 Å². The second kappa shape index (κ2) is 14.0. The van der Waals surface area contributed by atoms with Crippen LogP contribution in [-0.4, -0.2) is 19.5 Å². The lowest BCUT2D eigenvalue weighted by atomic mass is 10.0. The third-order valence-electron chi connectivity index (χ3n) is 11.7. The molecule has 60 heavy (non-hydrogen) atoms. The predicted octanol–water partition coefficient (Wildman–Crippen LogP) is 14.8. The number of benzene rings is 9. The van der Waals surface area contributed by atoms with Gasteiger partial charge >= 0.3 is 0 Å². The van der Waals surface area contributed by atoms with E-state index < -0.39 is 0 Å². The van der Waals surface area contributed by atoms with Crippen molar-refractivity contribution in [3.8, 4) is 62.1 Å². The van der Waals surface area contributed by atoms with Gasteiger partial charge in [-0.05, 0) is 63.4 Å². The van der Waals surface area contributed by atoms with E-state index in [-0.39, 0.29) is 0 Å². The lowest BCUT2D eigenvalue weighted by Crippen LogP contribution is -2.00. The molecular formula is C55H34N4S. The molecule has 0 atom stereocenters. The standard InChI is InChI=1S/C55H34N4S/c1-4-13-35(14-5-1)37-23-25-40(26-24-37)54-56-53(39-18-8-3-9-19-39)57-55(58-54)42-27-30-44-45-21-12-22-49(52(45)60-50(44)34-42)59-47-31-29-41(36-15-6-2-7-16-36)33-46(47)51-43-20-11-10-17-38(43)28-32-48(51)59/h1-34H. The molecule has 4 nitrogen and oxygen atoms in total. The summed E-state index contributed by atoms with van der Waals surface area (Å²) in [6.45, 7) is 0. The van der Waals surface area contributed by atoms with E-state index in [4.69, 9.17) is 15.0 Å². The Balaban J connectivity index is 1.02. The number of fused-ring (bicyclic) bond motifs is 8. The Hall–Kier alpha value is -7.73. The van der Waals surface area contributed by atoms with Crippen LogP contribution in [0.25, 0.3) is 115 Å². The van der Waals surface area contributed by atoms with Gasteiger partial charge in [0, 0.05) is 42.9 Å². The van der Waals surface area contributed by atoms with E-state index >= 15 is 0 Å². The summed E-state index contributed by atoms with van der Waals surface area (Å²) in [7, 11) is 0. The maximum absolute atomic E-state index is 5.12. The number of aromatic nitrogens is 4. The van der Waals surface area contributed by atoms with Crippen molar-refractivity contribution in [2.24, 2.45) is 0 Å². The third-order valence-corrected chi connectivity index (χ3v) is 12.8. The SMILES string of the molecule is c1ccc(-c2ccc(-c3nc(-c4ccccc4)nc(-c4ccc5c(c4)sc4c(-n6c7ccc(-c8ccccc8)cc7c7c8ccccc8ccc76)cccc45)n3)cc2)cc1. The van der Waals surface area contributed by atoms with E-state index in [1.807, 2.05) is 35.6 Å². The molecule has 0 unspecified atom stereocenters. The summed E-state index contributed by atoms with van der Waals surface area (Å²) in [5.74, 6) is 1.94. The first kappa shape index (κ1) is 34.3. The molecule has 0 amide bonds. The van der Waals surface area contributed by atoms with Crippen LogP contribution in [0, 0.1) is 0 Å². The normalized spacial score (nSPS) is 11.7. The molecule has 12 aromatic rings. The van der Waals surface area contributed by atoms with Crippen LogP contribution in [0.5, 0.6) is 0 Å². The van der Waals surface area contributed by atoms with Crippen molar-refractivity contribution in [3.63, 3.8) is 0 Å². The molecule has 3 aromatic heterocycles. The maximum atomic E-state index is 5.12. The molecule has 0 aliphatic rings. The van der Waals surface area contributed by atoms with Crippen LogP contribution < -0.4 is 0 Å². The van der Waals surface area contributed by atoms with E-state index in [9.17, 15) is 0 Å². The second-order valence-corrected chi connectivity index (χ2v) is 16.2. The van der Waals surface area contributed by atoms with E-state index in [2.05, 4.69) is 187 Å². The zero-order chi connectivity index (χ0) is 39.6. The molecule has 280 valence electrons. The molecule has 0 spiro atoms. The van der Waals surface area contributed by atoms with Gasteiger partial charge in [0.2, 0.25) is 0 Å². The molecule has 0 saturated carbocycles. The molecule has 0 saturated heterocycles. The summed E-state index contributed by atoms with van der Waals surface area (Å²) in [5.41, 5.74) is 11.2. The van der Waals surface area contributed by atoms with Crippen molar-refractivity contribution in [1.29, 1.82) is 0 Å². The lowest BCUT2D eigenvalue weighted by molar-refractivity contribution is 1.07. The van der Waals surface area contributed by atoms with Crippen molar-refractivity contribution in [3.05, 3.63) is 206 Å². The fourth-order valence-electron chi connectivity index (χ4n) is 8.75. The maximum Gasteiger partial charge on any atom is 0.164 e. The quantitative estimate of drug-likeness (QED) is 0.169. The minimum absolute atomic E-state index is 0.645. The Labute approximate surface area is 350 Å². The summed E-state index contributed by atoms with van der Waals surface area (Å²) >= 11 is 1.82. The zero-order valence-electron chi connectivity index (χ0n) is 32.3. The topological polar surface area (TPSA) is 43.6 Å². The van der Waals surface area contributed by atoms with E-state index in [1.165, 1.54) is 75.1 Å². The molecule has 3 heterocycles. The molecule has 0 fully saturated rings. The lowest BCUT2D eigenvalue weighted by Gasteiger charge is -2.10. The highest BCUT2D eigenvalue weighted by Crippen LogP contribution is 2.44. The average Bonchev–Trinajstić information content (AvgIpc) is 3.88. The molecule has 12 rings (SSSR count). The molecule has 0 aliphatic carbocycles. The first-order valence-electron chi connectivity index (χ1n) is 20.2. The Kier molecular flexibility index (Phi) is 8.00. The largest absolute Gasteiger partial charge is 0.308 e. The average molecular weight is 783 g/mol. The fourth-order valence-corrected chi connectivity index (χ4v) is 10.00. The Bertz CT molecular complexity index is 3570. The molecular weight excluding hydrogens is 749 g/mol. The van der Waals surface area contributed by atoms with E-state index in [1.54, 1.807) is 0 Å². The van der Waals surface area contributed by atoms with Gasteiger partial charge in [-0.3, -0.25) is 0 Å². The number of nitrogens with zero attached hydrogens (tertiary/aromatic N) is 4. The van der Waals surface area contributed by atoms with Gasteiger partial charge in [0.25, 0.3) is 0 Å². The minimum atomic E-state index is 0.645. The molecule has 0 N–H and O–H groups in total. The summed E-state index contributed by atoms with van der Waals surface area (Å²) in [6.07, 6.45) is 0. The predicted molar refractivity (Wildman–Crippen MR) is 252 cm³/mol. The Morgan fingerprint density at radius 1 is 0.333 bits per heavy atom. The van der Waals surface area contributed by atoms with Gasteiger partial charge in [-0.1, -0.05) is 176 Å². The van der Waals surface area contributed by atoms with Crippen LogP contribution in [0.1, 0.15) is 0 Å². The van der Waals surface area contributed by atoms with Crippen molar-refractivity contribution >= 4 is 64.1 Å². The number of hydrogen-bond donors (Lipinski definition) is 0. The third kappa shape index (κ3) is 5.70. The van der Waals surface area contributed by atoms with Crippen LogP contribution in [0.2, 0.25) is 0 Å². The smallest absolute Gasteiger partial charge is 0.164 e. The number of hydrogen-bond acceptors (Lipinski definition) is 4. The van der Waals surface area contributed by atoms with Crippen molar-refractivity contribution < 1.29 is 0 Å². The van der Waals surface area contributed by atoms with Gasteiger partial charge in [0.15, 0.2) is 17.5 Å². The highest BCUT2D eigenvalue weighted by molar-refractivity contribution is 7.26. The summed E-state index contributed by atoms with van der Waals surface area (Å²) in [6, 6.07) is 73.3. The highest BCUT2D eigenvalue weighted by Gasteiger charge is 2.20. The summed E-state index contributed by atoms with van der Waals surface area (Å²) in [4.78, 5) is 15.2. The minimum Gasteiger partial charge on any atom is -0.308 e. The van der Waals surface area contributed by atoms with Gasteiger partial charge < -0.3 is 4.57 Å². The van der Waals surface area contributed by atoms with Crippen LogP contribution in [0.3, 0.4) is 0 Å². The zero-order valence-corrected chi connectivity index (χ0v) is 33.1. The fraction of sp³-hybridized carbons (Fsp3) is 0. The van der Waals surface area contributed by atoms with E-state index in [0.717, 1.165) is 22.3 Å². The van der Waals surface area contributed by atoms with Gasteiger partial charge in [0.05, 0.1) is 21.4 Å². The first-order valence-corrected chi connectivity index (χ1v) is 21.0. The van der Waals surface area contributed by atoms with Crippen LogP contribution in [0.4, 0.5) is 0 Å². The molecule has 0 radical (unpaired) electrons. The molecule has 0 bridgehead atoms. The first-order chi connectivity index (χ1) is 29.7. The Morgan fingerprint density at radius 3 is 1.60 bits per heavy atom. The van der Waals surface area contributed by atoms with Gasteiger partial charge in [0.1, 0.15) is 0 Å². The van der Waals surface area contributed by atoms with Gasteiger partial charge in [-0.15, -0.1) is 11.3 Å². The molecule has 5 heteroatoms. The van der Waals surface area contributed by atoms with Crippen LogP contribution in [-0.2, 0) is 0 Å². The van der Waals surface area contributed by atoms with E-state index in [0.29, 0.717) is 17.5 Å². The highest BCUT2D eigenvalue weighted by atomic mass is 32.1. The van der Waals surface area contributed by atoms with Crippen LogP contribution >= 0.6 is 11.3 Å².